The molecule has 0 fully saturated rings. The lowest BCUT2D eigenvalue weighted by molar-refractivity contribution is -0.122. The first-order chi connectivity index (χ1) is 7.80. The molecule has 0 rings (SSSR count). The van der Waals surface area contributed by atoms with Gasteiger partial charge in [0.2, 0.25) is 5.91 Å². The van der Waals surface area contributed by atoms with Crippen molar-refractivity contribution in [3.05, 3.63) is 0 Å². The number of hydrogen-bond donors (Lipinski definition) is 2. The second-order valence-electron chi connectivity index (χ2n) is 6.23. The van der Waals surface area contributed by atoms with E-state index in [2.05, 4.69) is 39.9 Å². The van der Waals surface area contributed by atoms with Gasteiger partial charge in [-0.05, 0) is 36.6 Å². The lowest BCUT2D eigenvalue weighted by Crippen LogP contribution is -2.35. The van der Waals surface area contributed by atoms with E-state index in [0.29, 0.717) is 24.8 Å². The van der Waals surface area contributed by atoms with Gasteiger partial charge in [0.15, 0.2) is 0 Å². The lowest BCUT2D eigenvalue weighted by atomic mass is 9.90. The highest BCUT2D eigenvalue weighted by atomic mass is 16.1. The van der Waals surface area contributed by atoms with E-state index < -0.39 is 0 Å². The molecule has 0 aliphatic carbocycles. The van der Waals surface area contributed by atoms with Crippen molar-refractivity contribution in [2.24, 2.45) is 23.0 Å². The fourth-order valence-corrected chi connectivity index (χ4v) is 1.73. The lowest BCUT2D eigenvalue weighted by Gasteiger charge is -2.24. The summed E-state index contributed by atoms with van der Waals surface area (Å²) in [5.41, 5.74) is 5.88. The minimum absolute atomic E-state index is 0.141. The van der Waals surface area contributed by atoms with E-state index in [1.165, 1.54) is 0 Å². The van der Waals surface area contributed by atoms with Crippen LogP contribution in [0.15, 0.2) is 0 Å². The van der Waals surface area contributed by atoms with Crippen LogP contribution in [0.3, 0.4) is 0 Å². The standard InChI is InChI=1S/C14H30N2O/c1-6-14(4,5)10-16-13(17)8-12(9-15)7-11(2)3/h11-12H,6-10,15H2,1-5H3,(H,16,17)/t12-/m0/s1. The van der Waals surface area contributed by atoms with E-state index >= 15 is 0 Å². The molecule has 0 saturated carbocycles. The molecule has 0 unspecified atom stereocenters. The number of carbonyl (C=O) groups is 1. The van der Waals surface area contributed by atoms with Crippen molar-refractivity contribution in [2.45, 2.75) is 53.9 Å². The van der Waals surface area contributed by atoms with Crippen LogP contribution >= 0.6 is 0 Å². The van der Waals surface area contributed by atoms with E-state index in [1.54, 1.807) is 0 Å². The van der Waals surface area contributed by atoms with Crippen molar-refractivity contribution in [1.82, 2.24) is 5.32 Å². The van der Waals surface area contributed by atoms with Crippen molar-refractivity contribution in [2.75, 3.05) is 13.1 Å². The molecule has 0 saturated heterocycles. The molecule has 0 aromatic heterocycles. The molecule has 0 heterocycles. The third kappa shape index (κ3) is 8.19. The Morgan fingerprint density at radius 3 is 2.35 bits per heavy atom. The van der Waals surface area contributed by atoms with E-state index in [-0.39, 0.29) is 11.3 Å². The zero-order valence-corrected chi connectivity index (χ0v) is 12.2. The molecular weight excluding hydrogens is 212 g/mol. The molecule has 0 aromatic rings. The van der Waals surface area contributed by atoms with Crippen molar-refractivity contribution in [3.8, 4) is 0 Å². The number of amides is 1. The number of hydrogen-bond acceptors (Lipinski definition) is 2. The van der Waals surface area contributed by atoms with Gasteiger partial charge in [0, 0.05) is 13.0 Å². The second-order valence-corrected chi connectivity index (χ2v) is 6.23. The summed E-state index contributed by atoms with van der Waals surface area (Å²) in [5.74, 6) is 1.06. The van der Waals surface area contributed by atoms with Crippen LogP contribution in [0.25, 0.3) is 0 Å². The molecule has 0 aromatic carbocycles. The van der Waals surface area contributed by atoms with Gasteiger partial charge in [-0.1, -0.05) is 34.6 Å². The summed E-state index contributed by atoms with van der Waals surface area (Å²) >= 11 is 0. The zero-order chi connectivity index (χ0) is 13.5. The fraction of sp³-hybridized carbons (Fsp3) is 0.929. The van der Waals surface area contributed by atoms with Crippen molar-refractivity contribution in [3.63, 3.8) is 0 Å². The average molecular weight is 242 g/mol. The highest BCUT2D eigenvalue weighted by molar-refractivity contribution is 5.76. The van der Waals surface area contributed by atoms with Crippen LogP contribution in [-0.4, -0.2) is 19.0 Å². The Bertz CT molecular complexity index is 224. The summed E-state index contributed by atoms with van der Waals surface area (Å²) in [5, 5.41) is 3.02. The largest absolute Gasteiger partial charge is 0.356 e. The zero-order valence-electron chi connectivity index (χ0n) is 12.2. The summed E-state index contributed by atoms with van der Waals surface area (Å²) in [4.78, 5) is 11.8. The Hall–Kier alpha value is -0.570. The Balaban J connectivity index is 3.99. The van der Waals surface area contributed by atoms with E-state index in [4.69, 9.17) is 5.73 Å². The van der Waals surface area contributed by atoms with Crippen LogP contribution in [0.5, 0.6) is 0 Å². The maximum atomic E-state index is 11.8. The summed E-state index contributed by atoms with van der Waals surface area (Å²) in [6, 6.07) is 0. The Morgan fingerprint density at radius 1 is 1.35 bits per heavy atom. The van der Waals surface area contributed by atoms with Crippen LogP contribution < -0.4 is 11.1 Å². The molecule has 0 aliphatic rings. The van der Waals surface area contributed by atoms with Gasteiger partial charge in [0.05, 0.1) is 0 Å². The van der Waals surface area contributed by atoms with Gasteiger partial charge in [-0.15, -0.1) is 0 Å². The first-order valence-electron chi connectivity index (χ1n) is 6.77. The molecule has 17 heavy (non-hydrogen) atoms. The highest BCUT2D eigenvalue weighted by Crippen LogP contribution is 2.18. The van der Waals surface area contributed by atoms with Crippen LogP contribution in [-0.2, 0) is 4.79 Å². The molecule has 3 nitrogen and oxygen atoms in total. The van der Waals surface area contributed by atoms with Crippen LogP contribution in [0.4, 0.5) is 0 Å². The molecule has 0 spiro atoms. The summed E-state index contributed by atoms with van der Waals surface area (Å²) < 4.78 is 0. The van der Waals surface area contributed by atoms with E-state index in [9.17, 15) is 4.79 Å². The smallest absolute Gasteiger partial charge is 0.220 e. The molecule has 0 aliphatic heterocycles. The summed E-state index contributed by atoms with van der Waals surface area (Å²) in [6.07, 6.45) is 2.66. The first-order valence-corrected chi connectivity index (χ1v) is 6.77. The van der Waals surface area contributed by atoms with Crippen molar-refractivity contribution >= 4 is 5.91 Å². The number of nitrogens with two attached hydrogens (primary N) is 1. The van der Waals surface area contributed by atoms with Crippen LogP contribution in [0.2, 0.25) is 0 Å². The molecule has 102 valence electrons. The van der Waals surface area contributed by atoms with Gasteiger partial charge in [-0.25, -0.2) is 0 Å². The molecular formula is C14H30N2O. The van der Waals surface area contributed by atoms with E-state index in [0.717, 1.165) is 19.4 Å². The minimum Gasteiger partial charge on any atom is -0.356 e. The summed E-state index contributed by atoms with van der Waals surface area (Å²) in [7, 11) is 0. The maximum Gasteiger partial charge on any atom is 0.220 e. The summed E-state index contributed by atoms with van der Waals surface area (Å²) in [6.45, 7) is 12.2. The highest BCUT2D eigenvalue weighted by Gasteiger charge is 2.18. The van der Waals surface area contributed by atoms with Gasteiger partial charge in [0.25, 0.3) is 0 Å². The van der Waals surface area contributed by atoms with Crippen LogP contribution in [0.1, 0.15) is 53.9 Å². The molecule has 1 amide bonds. The molecule has 1 atom stereocenters. The van der Waals surface area contributed by atoms with Crippen molar-refractivity contribution in [1.29, 1.82) is 0 Å². The van der Waals surface area contributed by atoms with Crippen LogP contribution in [0, 0.1) is 17.3 Å². The number of carbonyl (C=O) groups excluding carboxylic acids is 1. The third-order valence-electron chi connectivity index (χ3n) is 3.33. The Kier molecular flexibility index (Phi) is 7.44. The van der Waals surface area contributed by atoms with Gasteiger partial charge < -0.3 is 11.1 Å². The second kappa shape index (κ2) is 7.70. The van der Waals surface area contributed by atoms with Crippen molar-refractivity contribution < 1.29 is 4.79 Å². The monoisotopic (exact) mass is 242 g/mol. The predicted molar refractivity (Wildman–Crippen MR) is 73.7 cm³/mol. The predicted octanol–water partition coefficient (Wildman–Crippen LogP) is 2.55. The number of rotatable bonds is 8. The Labute approximate surface area is 107 Å². The normalized spacial score (nSPS) is 13.8. The molecule has 0 bridgehead atoms. The Morgan fingerprint density at radius 2 is 1.94 bits per heavy atom. The van der Waals surface area contributed by atoms with Gasteiger partial charge >= 0.3 is 0 Å². The van der Waals surface area contributed by atoms with E-state index in [1.807, 2.05) is 0 Å². The van der Waals surface area contributed by atoms with Gasteiger partial charge in [-0.2, -0.15) is 0 Å². The fourth-order valence-electron chi connectivity index (χ4n) is 1.73. The number of nitrogens with one attached hydrogen (secondary N) is 1. The SMILES string of the molecule is CCC(C)(C)CNC(=O)C[C@@H](CN)CC(C)C. The minimum atomic E-state index is 0.141. The van der Waals surface area contributed by atoms with Gasteiger partial charge in [-0.3, -0.25) is 4.79 Å². The third-order valence-corrected chi connectivity index (χ3v) is 3.33. The first kappa shape index (κ1) is 16.4. The average Bonchev–Trinajstić information content (AvgIpc) is 2.25. The molecule has 3 N–H and O–H groups in total. The topological polar surface area (TPSA) is 55.1 Å². The molecule has 0 radical (unpaired) electrons. The quantitative estimate of drug-likeness (QED) is 0.687. The maximum absolute atomic E-state index is 11.8. The molecule has 3 heteroatoms. The van der Waals surface area contributed by atoms with Gasteiger partial charge in [0.1, 0.15) is 0 Å².